The fraction of sp³-hybridized carbons (Fsp3) is 0.333. The second-order valence-electron chi connectivity index (χ2n) is 7.49. The van der Waals surface area contributed by atoms with Crippen LogP contribution in [0.1, 0.15) is 33.3 Å². The van der Waals surface area contributed by atoms with Gasteiger partial charge in [-0.1, -0.05) is 41.9 Å². The number of nitrogens with one attached hydrogen (secondary N) is 2. The van der Waals surface area contributed by atoms with Gasteiger partial charge in [0.1, 0.15) is 4.75 Å². The van der Waals surface area contributed by atoms with Crippen molar-refractivity contribution in [1.82, 2.24) is 5.32 Å². The van der Waals surface area contributed by atoms with Crippen LogP contribution in [0.5, 0.6) is 0 Å². The van der Waals surface area contributed by atoms with Crippen molar-refractivity contribution < 1.29 is 18.0 Å². The molecule has 29 heavy (non-hydrogen) atoms. The van der Waals surface area contributed by atoms with Gasteiger partial charge in [0.2, 0.25) is 11.8 Å². The van der Waals surface area contributed by atoms with Gasteiger partial charge in [0.05, 0.1) is 4.90 Å². The van der Waals surface area contributed by atoms with Gasteiger partial charge in [-0.3, -0.25) is 9.59 Å². The molecular formula is C21H25BrN2O4S. The molecule has 0 saturated heterocycles. The Morgan fingerprint density at radius 2 is 1.55 bits per heavy atom. The highest BCUT2D eigenvalue weighted by atomic mass is 79.9. The topological polar surface area (TPSA) is 92.3 Å². The first-order valence-corrected chi connectivity index (χ1v) is 11.4. The Labute approximate surface area is 180 Å². The normalized spacial score (nSPS) is 11.9. The first kappa shape index (κ1) is 23.1. The van der Waals surface area contributed by atoms with E-state index in [9.17, 15) is 18.0 Å². The zero-order chi connectivity index (χ0) is 21.8. The van der Waals surface area contributed by atoms with Crippen LogP contribution in [0.3, 0.4) is 0 Å². The monoisotopic (exact) mass is 480 g/mol. The lowest BCUT2D eigenvalue weighted by Gasteiger charge is -2.24. The van der Waals surface area contributed by atoms with Crippen molar-refractivity contribution in [1.29, 1.82) is 0 Å². The molecule has 8 heteroatoms. The highest BCUT2D eigenvalue weighted by Crippen LogP contribution is 2.27. The summed E-state index contributed by atoms with van der Waals surface area (Å²) < 4.78 is 24.9. The molecule has 0 heterocycles. The van der Waals surface area contributed by atoms with E-state index >= 15 is 0 Å². The van der Waals surface area contributed by atoms with Crippen molar-refractivity contribution >= 4 is 43.3 Å². The van der Waals surface area contributed by atoms with Crippen LogP contribution >= 0.6 is 15.9 Å². The average Bonchev–Trinajstić information content (AvgIpc) is 2.67. The van der Waals surface area contributed by atoms with Crippen molar-refractivity contribution in [3.63, 3.8) is 0 Å². The fourth-order valence-corrected chi connectivity index (χ4v) is 4.08. The van der Waals surface area contributed by atoms with Crippen LogP contribution in [0.4, 0.5) is 5.69 Å². The third-order valence-electron chi connectivity index (χ3n) is 4.54. The number of benzene rings is 2. The smallest absolute Gasteiger partial charge is 0.241 e. The molecule has 6 nitrogen and oxygen atoms in total. The molecule has 2 aromatic rings. The third kappa shape index (κ3) is 5.45. The van der Waals surface area contributed by atoms with E-state index in [0.717, 1.165) is 10.0 Å². The number of hydrogen-bond donors (Lipinski definition) is 2. The molecule has 0 unspecified atom stereocenters. The van der Waals surface area contributed by atoms with Crippen molar-refractivity contribution in [3.8, 4) is 0 Å². The van der Waals surface area contributed by atoms with Crippen LogP contribution in [0.25, 0.3) is 0 Å². The van der Waals surface area contributed by atoms with Gasteiger partial charge < -0.3 is 10.6 Å². The number of anilines is 1. The molecular weight excluding hydrogens is 456 g/mol. The number of rotatable bonds is 7. The summed E-state index contributed by atoms with van der Waals surface area (Å²) in [6, 6.07) is 13.2. The molecule has 2 amide bonds. The summed E-state index contributed by atoms with van der Waals surface area (Å²) >= 11 is 3.27. The van der Waals surface area contributed by atoms with Crippen LogP contribution in [0.15, 0.2) is 57.9 Å². The maximum absolute atomic E-state index is 12.9. The van der Waals surface area contributed by atoms with Crippen molar-refractivity contribution in [3.05, 3.63) is 58.6 Å². The highest BCUT2D eigenvalue weighted by molar-refractivity contribution is 9.10. The zero-order valence-electron chi connectivity index (χ0n) is 16.8. The van der Waals surface area contributed by atoms with Gasteiger partial charge in [-0.25, -0.2) is 8.42 Å². The van der Waals surface area contributed by atoms with Gasteiger partial charge in [-0.2, -0.15) is 0 Å². The fourth-order valence-electron chi connectivity index (χ4n) is 2.42. The maximum Gasteiger partial charge on any atom is 0.241 e. The van der Waals surface area contributed by atoms with Gasteiger partial charge in [0.15, 0.2) is 9.84 Å². The quantitative estimate of drug-likeness (QED) is 0.627. The molecule has 156 valence electrons. The lowest BCUT2D eigenvalue weighted by atomic mass is 10.1. The summed E-state index contributed by atoms with van der Waals surface area (Å²) in [5.74, 6) is -0.785. The van der Waals surface area contributed by atoms with Gasteiger partial charge in [-0.15, -0.1) is 0 Å². The van der Waals surface area contributed by atoms with Crippen LogP contribution in [0.2, 0.25) is 0 Å². The summed E-state index contributed by atoms with van der Waals surface area (Å²) in [6.45, 7) is 6.58. The van der Waals surface area contributed by atoms with Crippen molar-refractivity contribution in [2.45, 2.75) is 43.9 Å². The minimum Gasteiger partial charge on any atom is -0.351 e. The molecule has 0 fully saturated rings. The van der Waals surface area contributed by atoms with Crippen LogP contribution in [-0.2, 0) is 26.0 Å². The molecule has 0 aliphatic heterocycles. The molecule has 2 N–H and O–H groups in total. The molecule has 0 saturated carbocycles. The Hall–Kier alpha value is -2.19. The van der Waals surface area contributed by atoms with E-state index in [1.165, 1.54) is 26.0 Å². The van der Waals surface area contributed by atoms with Gasteiger partial charge in [0, 0.05) is 22.6 Å². The molecule has 0 spiro atoms. The largest absolute Gasteiger partial charge is 0.351 e. The molecule has 0 radical (unpaired) electrons. The molecule has 0 aromatic heterocycles. The second-order valence-corrected chi connectivity index (χ2v) is 10.9. The number of hydrogen-bond acceptors (Lipinski definition) is 4. The van der Waals surface area contributed by atoms with E-state index in [0.29, 0.717) is 5.69 Å². The second kappa shape index (κ2) is 9.09. The SMILES string of the molecule is CC(C)C(=O)Nc1ccc(CNC(=O)C(C)(C)S(=O)(=O)c2ccc(Br)cc2)cc1. The summed E-state index contributed by atoms with van der Waals surface area (Å²) in [5.41, 5.74) is 1.45. The van der Waals surface area contributed by atoms with Crippen molar-refractivity contribution in [2.24, 2.45) is 5.92 Å². The maximum atomic E-state index is 12.9. The highest BCUT2D eigenvalue weighted by Gasteiger charge is 2.42. The zero-order valence-corrected chi connectivity index (χ0v) is 19.2. The van der Waals surface area contributed by atoms with E-state index in [-0.39, 0.29) is 23.3 Å². The number of sulfone groups is 1. The lowest BCUT2D eigenvalue weighted by molar-refractivity contribution is -0.123. The number of halogens is 1. The molecule has 0 aliphatic carbocycles. The lowest BCUT2D eigenvalue weighted by Crippen LogP contribution is -2.47. The van der Waals surface area contributed by atoms with Crippen LogP contribution < -0.4 is 10.6 Å². The van der Waals surface area contributed by atoms with Gasteiger partial charge in [0.25, 0.3) is 0 Å². The standard InChI is InChI=1S/C21H25BrN2O4S/c1-14(2)19(25)24-17-9-5-15(6-10-17)13-23-20(26)21(3,4)29(27,28)18-11-7-16(22)8-12-18/h5-12,14H,13H2,1-4H3,(H,23,26)(H,24,25). The molecule has 0 bridgehead atoms. The molecule has 0 aliphatic rings. The molecule has 0 atom stereocenters. The van der Waals surface area contributed by atoms with E-state index in [1.54, 1.807) is 36.4 Å². The third-order valence-corrected chi connectivity index (χ3v) is 7.49. The van der Waals surface area contributed by atoms with Gasteiger partial charge in [-0.05, 0) is 55.8 Å². The first-order valence-electron chi connectivity index (χ1n) is 9.13. The summed E-state index contributed by atoms with van der Waals surface area (Å²) in [4.78, 5) is 24.5. The van der Waals surface area contributed by atoms with E-state index in [1.807, 2.05) is 13.8 Å². The Kier molecular flexibility index (Phi) is 7.24. The van der Waals surface area contributed by atoms with Crippen molar-refractivity contribution in [2.75, 3.05) is 5.32 Å². The molecule has 2 rings (SSSR count). The van der Waals surface area contributed by atoms with Crippen LogP contribution in [-0.4, -0.2) is 25.0 Å². The first-order chi connectivity index (χ1) is 13.4. The summed E-state index contributed by atoms with van der Waals surface area (Å²) in [6.07, 6.45) is 0. The Bertz CT molecular complexity index is 982. The van der Waals surface area contributed by atoms with E-state index in [2.05, 4.69) is 26.6 Å². The predicted molar refractivity (Wildman–Crippen MR) is 117 cm³/mol. The molecule has 2 aromatic carbocycles. The Morgan fingerprint density at radius 1 is 1.00 bits per heavy atom. The number of carbonyl (C=O) groups excluding carboxylic acids is 2. The summed E-state index contributed by atoms with van der Waals surface area (Å²) in [5, 5.41) is 5.48. The predicted octanol–water partition coefficient (Wildman–Crippen LogP) is 3.91. The van der Waals surface area contributed by atoms with Crippen LogP contribution in [0, 0.1) is 5.92 Å². The Balaban J connectivity index is 2.05. The Morgan fingerprint density at radius 3 is 2.07 bits per heavy atom. The summed E-state index contributed by atoms with van der Waals surface area (Å²) in [7, 11) is -3.87. The van der Waals surface area contributed by atoms with E-state index in [4.69, 9.17) is 0 Å². The number of carbonyl (C=O) groups is 2. The minimum absolute atomic E-state index is 0.0778. The minimum atomic E-state index is -3.87. The van der Waals surface area contributed by atoms with E-state index < -0.39 is 20.5 Å². The average molecular weight is 481 g/mol. The van der Waals surface area contributed by atoms with Gasteiger partial charge >= 0.3 is 0 Å². The number of amides is 2.